The Hall–Kier alpha value is -2.60. The summed E-state index contributed by atoms with van der Waals surface area (Å²) in [6.45, 7) is 4.60. The van der Waals surface area contributed by atoms with E-state index >= 15 is 0 Å². The SMILES string of the molecule is CCCCCCCCC(=O)N(C)c1cccc(-c2ccc(CCC(=O)O)cc2OCC)n1.Cl. The van der Waals surface area contributed by atoms with E-state index in [1.165, 1.54) is 25.7 Å². The van der Waals surface area contributed by atoms with E-state index in [1.807, 2.05) is 43.3 Å². The van der Waals surface area contributed by atoms with Gasteiger partial charge in [0.2, 0.25) is 5.91 Å². The highest BCUT2D eigenvalue weighted by Crippen LogP contribution is 2.31. The average molecular weight is 477 g/mol. The van der Waals surface area contributed by atoms with E-state index in [9.17, 15) is 9.59 Å². The molecule has 0 saturated carbocycles. The molecule has 2 rings (SSSR count). The quantitative estimate of drug-likeness (QED) is 0.323. The molecule has 7 heteroatoms. The minimum atomic E-state index is -0.824. The van der Waals surface area contributed by atoms with Crippen LogP contribution in [0.5, 0.6) is 5.75 Å². The Kier molecular flexibility index (Phi) is 13.2. The highest BCUT2D eigenvalue weighted by Gasteiger charge is 2.15. The number of aliphatic carboxylic acids is 1. The topological polar surface area (TPSA) is 79.7 Å². The number of anilines is 1. The standard InChI is InChI=1S/C26H36N2O4.ClH/c1-4-6-7-8-9-10-14-25(29)28(3)24-13-11-12-22(27-24)21-17-15-20(16-18-26(30)31)19-23(21)32-5-2;/h11-13,15,17,19H,4-10,14,16,18H2,1-3H3,(H,30,31);1H. The molecule has 0 atom stereocenters. The first kappa shape index (κ1) is 28.4. The number of nitrogens with zero attached hydrogens (tertiary/aromatic N) is 2. The van der Waals surface area contributed by atoms with Crippen molar-refractivity contribution in [3.05, 3.63) is 42.0 Å². The Morgan fingerprint density at radius 2 is 1.73 bits per heavy atom. The van der Waals surface area contributed by atoms with Crippen LogP contribution in [0.2, 0.25) is 0 Å². The van der Waals surface area contributed by atoms with Gasteiger partial charge in [0.15, 0.2) is 0 Å². The van der Waals surface area contributed by atoms with Crippen molar-refractivity contribution in [2.45, 2.75) is 71.6 Å². The number of carbonyl (C=O) groups is 2. The van der Waals surface area contributed by atoms with Crippen LogP contribution in [0.1, 0.15) is 70.8 Å². The zero-order valence-electron chi connectivity index (χ0n) is 20.0. The number of aromatic nitrogens is 1. The van der Waals surface area contributed by atoms with E-state index in [0.717, 1.165) is 29.7 Å². The molecule has 0 aliphatic heterocycles. The summed E-state index contributed by atoms with van der Waals surface area (Å²) in [5, 5.41) is 8.94. The summed E-state index contributed by atoms with van der Waals surface area (Å²) in [5.74, 6) is 0.520. The van der Waals surface area contributed by atoms with Gasteiger partial charge in [-0.2, -0.15) is 0 Å². The number of carbonyl (C=O) groups excluding carboxylic acids is 1. The maximum absolute atomic E-state index is 12.6. The summed E-state index contributed by atoms with van der Waals surface area (Å²) in [7, 11) is 1.77. The third kappa shape index (κ3) is 9.42. The number of halogens is 1. The molecule has 0 bridgehead atoms. The van der Waals surface area contributed by atoms with Crippen LogP contribution < -0.4 is 9.64 Å². The van der Waals surface area contributed by atoms with Crippen LogP contribution >= 0.6 is 12.4 Å². The fourth-order valence-corrected chi connectivity index (χ4v) is 3.57. The number of amides is 1. The molecule has 33 heavy (non-hydrogen) atoms. The van der Waals surface area contributed by atoms with Gasteiger partial charge in [0, 0.05) is 25.5 Å². The molecule has 1 heterocycles. The summed E-state index contributed by atoms with van der Waals surface area (Å²) >= 11 is 0. The van der Waals surface area contributed by atoms with Crippen LogP contribution in [0.25, 0.3) is 11.3 Å². The van der Waals surface area contributed by atoms with Gasteiger partial charge in [0.05, 0.1) is 12.3 Å². The number of hydrogen-bond acceptors (Lipinski definition) is 4. The number of carboxylic acids is 1. The van der Waals surface area contributed by atoms with Crippen molar-refractivity contribution in [1.29, 1.82) is 0 Å². The fraction of sp³-hybridized carbons (Fsp3) is 0.500. The van der Waals surface area contributed by atoms with Crippen molar-refractivity contribution < 1.29 is 19.4 Å². The molecule has 0 unspecified atom stereocenters. The molecule has 0 saturated heterocycles. The number of pyridine rings is 1. The van der Waals surface area contributed by atoms with Gasteiger partial charge in [-0.1, -0.05) is 51.2 Å². The predicted molar refractivity (Wildman–Crippen MR) is 135 cm³/mol. The molecule has 0 aliphatic carbocycles. The second-order valence-corrected chi connectivity index (χ2v) is 8.01. The van der Waals surface area contributed by atoms with Crippen molar-refractivity contribution in [1.82, 2.24) is 4.98 Å². The van der Waals surface area contributed by atoms with Crippen LogP contribution in [0, 0.1) is 0 Å². The second-order valence-electron chi connectivity index (χ2n) is 8.01. The van der Waals surface area contributed by atoms with Crippen LogP contribution in [0.4, 0.5) is 5.82 Å². The van der Waals surface area contributed by atoms with Gasteiger partial charge in [0.1, 0.15) is 11.6 Å². The van der Waals surface area contributed by atoms with E-state index in [4.69, 9.17) is 14.8 Å². The summed E-state index contributed by atoms with van der Waals surface area (Å²) in [6, 6.07) is 11.3. The molecule has 1 aromatic heterocycles. The number of benzene rings is 1. The van der Waals surface area contributed by atoms with E-state index in [2.05, 4.69) is 6.92 Å². The Balaban J connectivity index is 0.00000544. The van der Waals surface area contributed by atoms with Crippen LogP contribution in [-0.4, -0.2) is 35.6 Å². The van der Waals surface area contributed by atoms with Gasteiger partial charge in [-0.3, -0.25) is 14.5 Å². The predicted octanol–water partition coefficient (Wildman–Crippen LogP) is 6.30. The number of carboxylic acid groups (broad SMARTS) is 1. The second kappa shape index (κ2) is 15.3. The molecule has 0 aliphatic rings. The normalized spacial score (nSPS) is 10.4. The maximum Gasteiger partial charge on any atom is 0.303 e. The summed E-state index contributed by atoms with van der Waals surface area (Å²) in [5.41, 5.74) is 2.45. The molecule has 6 nitrogen and oxygen atoms in total. The summed E-state index contributed by atoms with van der Waals surface area (Å²) in [6.07, 6.45) is 7.93. The Bertz CT molecular complexity index is 888. The lowest BCUT2D eigenvalue weighted by atomic mass is 10.0. The molecule has 1 N–H and O–H groups in total. The van der Waals surface area contributed by atoms with E-state index < -0.39 is 5.97 Å². The highest BCUT2D eigenvalue weighted by atomic mass is 35.5. The van der Waals surface area contributed by atoms with E-state index in [0.29, 0.717) is 31.0 Å². The van der Waals surface area contributed by atoms with Crippen molar-refractivity contribution in [3.63, 3.8) is 0 Å². The number of rotatable bonds is 14. The smallest absolute Gasteiger partial charge is 0.303 e. The van der Waals surface area contributed by atoms with Crippen molar-refractivity contribution in [3.8, 4) is 17.0 Å². The summed E-state index contributed by atoms with van der Waals surface area (Å²) in [4.78, 5) is 29.8. The largest absolute Gasteiger partial charge is 0.493 e. The first-order valence-electron chi connectivity index (χ1n) is 11.7. The first-order chi connectivity index (χ1) is 15.5. The summed E-state index contributed by atoms with van der Waals surface area (Å²) < 4.78 is 5.81. The zero-order chi connectivity index (χ0) is 23.3. The monoisotopic (exact) mass is 476 g/mol. The third-order valence-electron chi connectivity index (χ3n) is 5.45. The maximum atomic E-state index is 12.6. The molecule has 0 radical (unpaired) electrons. The average Bonchev–Trinajstić information content (AvgIpc) is 2.79. The number of hydrogen-bond donors (Lipinski definition) is 1. The molecular weight excluding hydrogens is 440 g/mol. The number of unbranched alkanes of at least 4 members (excludes halogenated alkanes) is 5. The minimum absolute atomic E-state index is 0. The van der Waals surface area contributed by atoms with E-state index in [1.54, 1.807) is 11.9 Å². The first-order valence-corrected chi connectivity index (χ1v) is 11.7. The van der Waals surface area contributed by atoms with Crippen LogP contribution in [-0.2, 0) is 16.0 Å². The molecular formula is C26H37ClN2O4. The molecule has 0 spiro atoms. The van der Waals surface area contributed by atoms with Gasteiger partial charge < -0.3 is 9.84 Å². The van der Waals surface area contributed by atoms with Gasteiger partial charge >= 0.3 is 5.97 Å². The third-order valence-corrected chi connectivity index (χ3v) is 5.45. The Labute approximate surface area is 203 Å². The Morgan fingerprint density at radius 1 is 1.00 bits per heavy atom. The lowest BCUT2D eigenvalue weighted by Gasteiger charge is -2.18. The number of aryl methyl sites for hydroxylation is 1. The highest BCUT2D eigenvalue weighted by molar-refractivity contribution is 5.92. The number of ether oxygens (including phenoxy) is 1. The van der Waals surface area contributed by atoms with Crippen LogP contribution in [0.15, 0.2) is 36.4 Å². The molecule has 1 aromatic carbocycles. The molecule has 182 valence electrons. The lowest BCUT2D eigenvalue weighted by Crippen LogP contribution is -2.26. The zero-order valence-corrected chi connectivity index (χ0v) is 20.8. The Morgan fingerprint density at radius 3 is 2.42 bits per heavy atom. The minimum Gasteiger partial charge on any atom is -0.493 e. The fourth-order valence-electron chi connectivity index (χ4n) is 3.57. The lowest BCUT2D eigenvalue weighted by molar-refractivity contribution is -0.137. The van der Waals surface area contributed by atoms with Gasteiger partial charge in [-0.05, 0) is 49.6 Å². The molecule has 1 amide bonds. The van der Waals surface area contributed by atoms with Gasteiger partial charge in [-0.25, -0.2) is 4.98 Å². The van der Waals surface area contributed by atoms with Gasteiger partial charge in [-0.15, -0.1) is 12.4 Å². The van der Waals surface area contributed by atoms with E-state index in [-0.39, 0.29) is 24.7 Å². The van der Waals surface area contributed by atoms with Gasteiger partial charge in [0.25, 0.3) is 0 Å². The molecule has 2 aromatic rings. The van der Waals surface area contributed by atoms with Crippen LogP contribution in [0.3, 0.4) is 0 Å². The van der Waals surface area contributed by atoms with Crippen molar-refractivity contribution >= 4 is 30.1 Å². The van der Waals surface area contributed by atoms with Crippen molar-refractivity contribution in [2.75, 3.05) is 18.6 Å². The molecule has 0 fully saturated rings. The van der Waals surface area contributed by atoms with Crippen molar-refractivity contribution in [2.24, 2.45) is 0 Å².